The van der Waals surface area contributed by atoms with Gasteiger partial charge in [0.15, 0.2) is 0 Å². The van der Waals surface area contributed by atoms with Crippen molar-refractivity contribution in [3.8, 4) is 11.1 Å². The minimum atomic E-state index is -0.222. The van der Waals surface area contributed by atoms with Crippen LogP contribution in [0.3, 0.4) is 0 Å². The Morgan fingerprint density at radius 3 is 2.63 bits per heavy atom. The molecule has 0 spiro atoms. The van der Waals surface area contributed by atoms with Gasteiger partial charge in [0.05, 0.1) is 5.92 Å². The van der Waals surface area contributed by atoms with Crippen LogP contribution in [0.5, 0.6) is 0 Å². The fourth-order valence-corrected chi connectivity index (χ4v) is 3.63. The van der Waals surface area contributed by atoms with Crippen LogP contribution >= 0.6 is 0 Å². The van der Waals surface area contributed by atoms with Gasteiger partial charge in [0.1, 0.15) is 0 Å². The fourth-order valence-electron chi connectivity index (χ4n) is 3.63. The summed E-state index contributed by atoms with van der Waals surface area (Å²) in [6.45, 7) is 5.71. The molecule has 1 aliphatic heterocycles. The topological polar surface area (TPSA) is 49.4 Å². The molecule has 0 aliphatic carbocycles. The summed E-state index contributed by atoms with van der Waals surface area (Å²) in [6, 6.07) is 16.7. The Labute approximate surface area is 161 Å². The first-order valence-electron chi connectivity index (χ1n) is 9.79. The zero-order valence-corrected chi connectivity index (χ0v) is 16.2. The minimum absolute atomic E-state index is 0.0421. The second-order valence-electron chi connectivity index (χ2n) is 7.31. The predicted octanol–water partition coefficient (Wildman–Crippen LogP) is 3.58. The average Bonchev–Trinajstić information content (AvgIpc) is 2.85. The minimum Gasteiger partial charge on any atom is -0.354 e. The molecule has 1 heterocycles. The number of aryl methyl sites for hydroxylation is 1. The van der Waals surface area contributed by atoms with E-state index in [1.165, 1.54) is 5.56 Å². The number of amides is 2. The van der Waals surface area contributed by atoms with Crippen LogP contribution in [0.15, 0.2) is 48.5 Å². The van der Waals surface area contributed by atoms with Gasteiger partial charge in [0.2, 0.25) is 11.8 Å². The van der Waals surface area contributed by atoms with Crippen LogP contribution in [-0.4, -0.2) is 36.3 Å². The Morgan fingerprint density at radius 2 is 1.89 bits per heavy atom. The summed E-state index contributed by atoms with van der Waals surface area (Å²) >= 11 is 0. The standard InChI is InChI=1S/C23H28N2O2/c1-3-6-22(26)25-14-13-24-23(27)20(16-25)15-19-7-4-5-8-21(19)18-11-9-17(2)10-12-18/h4-5,7-12,20H,3,6,13-16H2,1-2H3,(H,24,27)/t20-/m1/s1. The first kappa shape index (κ1) is 19.2. The number of benzene rings is 2. The summed E-state index contributed by atoms with van der Waals surface area (Å²) in [5.41, 5.74) is 4.68. The third-order valence-corrected chi connectivity index (χ3v) is 5.16. The van der Waals surface area contributed by atoms with E-state index in [2.05, 4.69) is 48.6 Å². The molecular weight excluding hydrogens is 336 g/mol. The molecule has 0 bridgehead atoms. The number of nitrogens with zero attached hydrogens (tertiary/aromatic N) is 1. The van der Waals surface area contributed by atoms with Crippen molar-refractivity contribution in [3.63, 3.8) is 0 Å². The lowest BCUT2D eigenvalue weighted by Gasteiger charge is -2.23. The molecule has 27 heavy (non-hydrogen) atoms. The van der Waals surface area contributed by atoms with E-state index < -0.39 is 0 Å². The van der Waals surface area contributed by atoms with E-state index in [1.807, 2.05) is 24.0 Å². The number of carbonyl (C=O) groups is 2. The van der Waals surface area contributed by atoms with Crippen molar-refractivity contribution in [1.29, 1.82) is 0 Å². The van der Waals surface area contributed by atoms with Gasteiger partial charge in [-0.3, -0.25) is 9.59 Å². The molecule has 0 saturated carbocycles. The van der Waals surface area contributed by atoms with E-state index in [4.69, 9.17) is 0 Å². The number of hydrogen-bond acceptors (Lipinski definition) is 2. The quantitative estimate of drug-likeness (QED) is 0.882. The third kappa shape index (κ3) is 4.76. The molecule has 142 valence electrons. The molecule has 1 saturated heterocycles. The lowest BCUT2D eigenvalue weighted by Crippen LogP contribution is -2.37. The largest absolute Gasteiger partial charge is 0.354 e. The van der Waals surface area contributed by atoms with E-state index in [1.54, 1.807) is 0 Å². The average molecular weight is 364 g/mol. The van der Waals surface area contributed by atoms with Crippen molar-refractivity contribution < 1.29 is 9.59 Å². The zero-order chi connectivity index (χ0) is 19.2. The number of carbonyl (C=O) groups excluding carboxylic acids is 2. The number of rotatable bonds is 5. The van der Waals surface area contributed by atoms with Crippen molar-refractivity contribution in [3.05, 3.63) is 59.7 Å². The van der Waals surface area contributed by atoms with Gasteiger partial charge in [-0.15, -0.1) is 0 Å². The Bertz CT molecular complexity index is 798. The molecule has 1 aliphatic rings. The van der Waals surface area contributed by atoms with Crippen LogP contribution in [0.4, 0.5) is 0 Å². The van der Waals surface area contributed by atoms with Crippen LogP contribution in [0.25, 0.3) is 11.1 Å². The van der Waals surface area contributed by atoms with Gasteiger partial charge in [-0.1, -0.05) is 61.0 Å². The molecule has 3 rings (SSSR count). The lowest BCUT2D eigenvalue weighted by atomic mass is 9.91. The summed E-state index contributed by atoms with van der Waals surface area (Å²) in [5.74, 6) is -0.0359. The highest BCUT2D eigenvalue weighted by Crippen LogP contribution is 2.27. The molecule has 1 atom stereocenters. The molecule has 0 radical (unpaired) electrons. The zero-order valence-electron chi connectivity index (χ0n) is 16.2. The molecule has 4 heteroatoms. The molecule has 4 nitrogen and oxygen atoms in total. The van der Waals surface area contributed by atoms with E-state index in [0.29, 0.717) is 32.5 Å². The highest BCUT2D eigenvalue weighted by molar-refractivity contribution is 5.82. The number of hydrogen-bond donors (Lipinski definition) is 1. The lowest BCUT2D eigenvalue weighted by molar-refractivity contribution is -0.132. The monoisotopic (exact) mass is 364 g/mol. The van der Waals surface area contributed by atoms with Crippen molar-refractivity contribution in [2.45, 2.75) is 33.1 Å². The smallest absolute Gasteiger partial charge is 0.225 e. The Morgan fingerprint density at radius 1 is 1.15 bits per heavy atom. The van der Waals surface area contributed by atoms with Crippen molar-refractivity contribution in [1.82, 2.24) is 10.2 Å². The molecule has 1 fully saturated rings. The SMILES string of the molecule is CCCC(=O)N1CCNC(=O)[C@H](Cc2ccccc2-c2ccc(C)cc2)C1. The van der Waals surface area contributed by atoms with Crippen LogP contribution < -0.4 is 5.32 Å². The summed E-state index contributed by atoms with van der Waals surface area (Å²) in [5, 5.41) is 2.98. The first-order chi connectivity index (χ1) is 13.1. The summed E-state index contributed by atoms with van der Waals surface area (Å²) in [6.07, 6.45) is 2.00. The predicted molar refractivity (Wildman–Crippen MR) is 108 cm³/mol. The van der Waals surface area contributed by atoms with E-state index in [0.717, 1.165) is 23.1 Å². The molecule has 1 N–H and O–H groups in total. The normalized spacial score (nSPS) is 17.3. The molecule has 0 aromatic heterocycles. The van der Waals surface area contributed by atoms with E-state index >= 15 is 0 Å². The van der Waals surface area contributed by atoms with Gasteiger partial charge in [0, 0.05) is 26.1 Å². The van der Waals surface area contributed by atoms with Gasteiger partial charge < -0.3 is 10.2 Å². The van der Waals surface area contributed by atoms with Gasteiger partial charge in [-0.05, 0) is 36.5 Å². The van der Waals surface area contributed by atoms with E-state index in [9.17, 15) is 9.59 Å². The highest BCUT2D eigenvalue weighted by atomic mass is 16.2. The third-order valence-electron chi connectivity index (χ3n) is 5.16. The van der Waals surface area contributed by atoms with Gasteiger partial charge in [-0.2, -0.15) is 0 Å². The van der Waals surface area contributed by atoms with Gasteiger partial charge >= 0.3 is 0 Å². The van der Waals surface area contributed by atoms with Crippen molar-refractivity contribution in [2.24, 2.45) is 5.92 Å². The van der Waals surface area contributed by atoms with Crippen molar-refractivity contribution in [2.75, 3.05) is 19.6 Å². The van der Waals surface area contributed by atoms with Crippen LogP contribution in [0.1, 0.15) is 30.9 Å². The fraction of sp³-hybridized carbons (Fsp3) is 0.391. The molecule has 2 aromatic rings. The maximum Gasteiger partial charge on any atom is 0.225 e. The second-order valence-corrected chi connectivity index (χ2v) is 7.31. The van der Waals surface area contributed by atoms with Crippen LogP contribution in [0.2, 0.25) is 0 Å². The first-order valence-corrected chi connectivity index (χ1v) is 9.79. The maximum atomic E-state index is 12.6. The summed E-state index contributed by atoms with van der Waals surface area (Å²) < 4.78 is 0. The molecule has 0 unspecified atom stereocenters. The molecule has 2 aromatic carbocycles. The molecular formula is C23H28N2O2. The Balaban J connectivity index is 1.83. The Hall–Kier alpha value is -2.62. The summed E-state index contributed by atoms with van der Waals surface area (Å²) in [4.78, 5) is 26.8. The van der Waals surface area contributed by atoms with Crippen LogP contribution in [0, 0.1) is 12.8 Å². The summed E-state index contributed by atoms with van der Waals surface area (Å²) in [7, 11) is 0. The van der Waals surface area contributed by atoms with E-state index in [-0.39, 0.29) is 17.7 Å². The number of nitrogens with one attached hydrogen (secondary N) is 1. The maximum absolute atomic E-state index is 12.6. The highest BCUT2D eigenvalue weighted by Gasteiger charge is 2.28. The Kier molecular flexibility index (Phi) is 6.28. The van der Waals surface area contributed by atoms with Crippen LogP contribution in [-0.2, 0) is 16.0 Å². The molecule has 2 amide bonds. The van der Waals surface area contributed by atoms with Crippen molar-refractivity contribution >= 4 is 11.8 Å². The van der Waals surface area contributed by atoms with Gasteiger partial charge in [-0.25, -0.2) is 0 Å². The second kappa shape index (κ2) is 8.85. The van der Waals surface area contributed by atoms with Gasteiger partial charge in [0.25, 0.3) is 0 Å².